The van der Waals surface area contributed by atoms with Crippen molar-refractivity contribution in [2.24, 2.45) is 0 Å². The minimum Gasteiger partial charge on any atom is -0.383 e. The third-order valence-corrected chi connectivity index (χ3v) is 5.47. The third kappa shape index (κ3) is 5.46. The zero-order valence-corrected chi connectivity index (χ0v) is 18.4. The highest BCUT2D eigenvalue weighted by Gasteiger charge is 2.30. The molecule has 164 valence electrons. The molecule has 9 heteroatoms. The first kappa shape index (κ1) is 22.9. The van der Waals surface area contributed by atoms with Crippen LogP contribution in [0.5, 0.6) is 0 Å². The molecular formula is C22H26ClN5O3. The maximum atomic E-state index is 12.2. The highest BCUT2D eigenvalue weighted by molar-refractivity contribution is 6.29. The highest BCUT2D eigenvalue weighted by Crippen LogP contribution is 2.30. The number of pyridine rings is 2. The minimum absolute atomic E-state index is 0.0766. The van der Waals surface area contributed by atoms with Gasteiger partial charge in [0.05, 0.1) is 18.3 Å². The van der Waals surface area contributed by atoms with Crippen molar-refractivity contribution in [3.63, 3.8) is 0 Å². The Morgan fingerprint density at radius 2 is 2.16 bits per heavy atom. The van der Waals surface area contributed by atoms with Crippen LogP contribution in [0.15, 0.2) is 43.1 Å². The summed E-state index contributed by atoms with van der Waals surface area (Å²) in [7, 11) is 3.22. The zero-order valence-electron chi connectivity index (χ0n) is 17.7. The van der Waals surface area contributed by atoms with E-state index in [1.54, 1.807) is 37.4 Å². The van der Waals surface area contributed by atoms with Gasteiger partial charge in [-0.1, -0.05) is 18.2 Å². The Hall–Kier alpha value is -2.81. The third-order valence-electron chi connectivity index (χ3n) is 5.28. The van der Waals surface area contributed by atoms with Gasteiger partial charge in [0, 0.05) is 52.1 Å². The molecule has 1 N–H and O–H groups in total. The van der Waals surface area contributed by atoms with Gasteiger partial charge in [0.25, 0.3) is 5.91 Å². The Kier molecular flexibility index (Phi) is 7.73. The summed E-state index contributed by atoms with van der Waals surface area (Å²) in [6.07, 6.45) is 2.91. The van der Waals surface area contributed by atoms with Crippen LogP contribution in [0.4, 0.5) is 0 Å². The van der Waals surface area contributed by atoms with E-state index in [0.29, 0.717) is 42.8 Å². The molecule has 1 aliphatic rings. The van der Waals surface area contributed by atoms with E-state index >= 15 is 0 Å². The van der Waals surface area contributed by atoms with Crippen molar-refractivity contribution in [2.45, 2.75) is 6.04 Å². The van der Waals surface area contributed by atoms with Crippen LogP contribution in [0.25, 0.3) is 11.3 Å². The largest absolute Gasteiger partial charge is 0.383 e. The summed E-state index contributed by atoms with van der Waals surface area (Å²) >= 11 is 6.38. The molecule has 2 aromatic heterocycles. The van der Waals surface area contributed by atoms with Crippen molar-refractivity contribution >= 4 is 23.4 Å². The molecule has 31 heavy (non-hydrogen) atoms. The van der Waals surface area contributed by atoms with Crippen molar-refractivity contribution in [3.8, 4) is 11.3 Å². The Morgan fingerprint density at radius 3 is 2.87 bits per heavy atom. The summed E-state index contributed by atoms with van der Waals surface area (Å²) in [6.45, 7) is 6.75. The summed E-state index contributed by atoms with van der Waals surface area (Å²) in [5, 5.41) is 2.91. The number of methoxy groups -OCH3 is 1. The number of nitrogens with one attached hydrogen (secondary N) is 1. The summed E-state index contributed by atoms with van der Waals surface area (Å²) in [5.74, 6) is -0.373. The van der Waals surface area contributed by atoms with Gasteiger partial charge in [-0.2, -0.15) is 0 Å². The van der Waals surface area contributed by atoms with Gasteiger partial charge in [-0.3, -0.25) is 19.5 Å². The number of hydrogen-bond acceptors (Lipinski definition) is 6. The van der Waals surface area contributed by atoms with Crippen LogP contribution < -0.4 is 5.32 Å². The van der Waals surface area contributed by atoms with Crippen molar-refractivity contribution in [2.75, 3.05) is 46.9 Å². The lowest BCUT2D eigenvalue weighted by molar-refractivity contribution is -0.129. The van der Waals surface area contributed by atoms with E-state index in [1.807, 2.05) is 12.1 Å². The van der Waals surface area contributed by atoms with Gasteiger partial charge >= 0.3 is 0 Å². The second-order valence-corrected chi connectivity index (χ2v) is 7.54. The van der Waals surface area contributed by atoms with Gasteiger partial charge in [0.15, 0.2) is 0 Å². The molecule has 2 aromatic rings. The molecule has 3 rings (SSSR count). The fourth-order valence-electron chi connectivity index (χ4n) is 3.64. The molecule has 8 nitrogen and oxygen atoms in total. The first-order valence-electron chi connectivity index (χ1n) is 9.97. The van der Waals surface area contributed by atoms with Crippen LogP contribution in [0, 0.1) is 0 Å². The monoisotopic (exact) mass is 443 g/mol. The molecule has 1 atom stereocenters. The van der Waals surface area contributed by atoms with Gasteiger partial charge in [-0.15, -0.1) is 0 Å². The van der Waals surface area contributed by atoms with Crippen LogP contribution in [-0.2, 0) is 9.53 Å². The number of rotatable bonds is 7. The number of halogens is 1. The molecule has 0 aromatic carbocycles. The summed E-state index contributed by atoms with van der Waals surface area (Å²) in [4.78, 5) is 36.8. The van der Waals surface area contributed by atoms with E-state index in [1.165, 1.54) is 6.08 Å². The first-order chi connectivity index (χ1) is 15.0. The molecule has 2 amide bonds. The van der Waals surface area contributed by atoms with Crippen LogP contribution in [0.2, 0.25) is 5.15 Å². The quantitative estimate of drug-likeness (QED) is 0.521. The van der Waals surface area contributed by atoms with Crippen LogP contribution in [0.3, 0.4) is 0 Å². The molecule has 1 aliphatic heterocycles. The Labute approximate surface area is 186 Å². The number of carbonyl (C=O) groups excluding carboxylic acids is 2. The molecule has 0 unspecified atom stereocenters. The van der Waals surface area contributed by atoms with Crippen LogP contribution in [0.1, 0.15) is 22.1 Å². The van der Waals surface area contributed by atoms with E-state index in [-0.39, 0.29) is 17.9 Å². The molecule has 0 radical (unpaired) electrons. The number of carbonyl (C=O) groups is 2. The fraction of sp³-hybridized carbons (Fsp3) is 0.364. The molecule has 1 fully saturated rings. The first-order valence-corrected chi connectivity index (χ1v) is 10.3. The van der Waals surface area contributed by atoms with Crippen molar-refractivity contribution in [1.82, 2.24) is 25.1 Å². The number of amides is 2. The van der Waals surface area contributed by atoms with E-state index in [2.05, 4.69) is 26.8 Å². The molecule has 0 spiro atoms. The van der Waals surface area contributed by atoms with Crippen molar-refractivity contribution < 1.29 is 14.3 Å². The predicted molar refractivity (Wildman–Crippen MR) is 119 cm³/mol. The van der Waals surface area contributed by atoms with Crippen molar-refractivity contribution in [1.29, 1.82) is 0 Å². The van der Waals surface area contributed by atoms with E-state index < -0.39 is 0 Å². The number of aromatic nitrogens is 2. The number of piperazine rings is 1. The summed E-state index contributed by atoms with van der Waals surface area (Å²) in [6, 6.07) is 7.15. The SMILES string of the molecule is C=CC(=O)N1CCN(CCOC)[C@@H](c2cc(Cl)nc(-c3ccnc(C(=O)NC)c3)c2)C1. The lowest BCUT2D eigenvalue weighted by atomic mass is 10.0. The van der Waals surface area contributed by atoms with Gasteiger partial charge in [0.1, 0.15) is 10.8 Å². The Bertz CT molecular complexity index is 968. The van der Waals surface area contributed by atoms with Crippen LogP contribution in [-0.4, -0.2) is 78.5 Å². The average molecular weight is 444 g/mol. The maximum Gasteiger partial charge on any atom is 0.269 e. The number of ether oxygens (including phenoxy) is 1. The van der Waals surface area contributed by atoms with Gasteiger partial charge in [-0.25, -0.2) is 4.98 Å². The van der Waals surface area contributed by atoms with Gasteiger partial charge in [-0.05, 0) is 35.9 Å². The van der Waals surface area contributed by atoms with Gasteiger partial charge in [0.2, 0.25) is 5.91 Å². The molecule has 3 heterocycles. The Balaban J connectivity index is 1.98. The smallest absolute Gasteiger partial charge is 0.269 e. The van der Waals surface area contributed by atoms with E-state index in [4.69, 9.17) is 16.3 Å². The molecule has 0 aliphatic carbocycles. The zero-order chi connectivity index (χ0) is 22.4. The maximum absolute atomic E-state index is 12.2. The van der Waals surface area contributed by atoms with Gasteiger partial charge < -0.3 is 15.0 Å². The molecule has 0 saturated carbocycles. The standard InChI is InChI=1S/C22H26ClN5O3/c1-4-21(29)28-8-7-27(9-10-31-3)19(14-28)16-12-17(26-20(23)13-16)15-5-6-25-18(11-15)22(30)24-2/h4-6,11-13,19H,1,7-10,14H2,2-3H3,(H,24,30)/t19-/m1/s1. The second-order valence-electron chi connectivity index (χ2n) is 7.15. The predicted octanol–water partition coefficient (Wildman–Crippen LogP) is 2.17. The average Bonchev–Trinajstić information content (AvgIpc) is 2.81. The number of nitrogens with zero attached hydrogens (tertiary/aromatic N) is 4. The van der Waals surface area contributed by atoms with Crippen molar-refractivity contribution in [3.05, 3.63) is 59.5 Å². The number of hydrogen-bond donors (Lipinski definition) is 1. The molecular weight excluding hydrogens is 418 g/mol. The normalized spacial score (nSPS) is 16.7. The summed E-state index contributed by atoms with van der Waals surface area (Å²) < 4.78 is 5.27. The minimum atomic E-state index is -0.277. The van der Waals surface area contributed by atoms with E-state index in [0.717, 1.165) is 17.7 Å². The lowest BCUT2D eigenvalue weighted by Crippen LogP contribution is -2.50. The topological polar surface area (TPSA) is 87.7 Å². The Morgan fingerprint density at radius 1 is 1.35 bits per heavy atom. The summed E-state index contributed by atoms with van der Waals surface area (Å²) in [5.41, 5.74) is 2.60. The second kappa shape index (κ2) is 10.5. The molecule has 1 saturated heterocycles. The van der Waals surface area contributed by atoms with E-state index in [9.17, 15) is 9.59 Å². The van der Waals surface area contributed by atoms with Crippen LogP contribution >= 0.6 is 11.6 Å². The highest BCUT2D eigenvalue weighted by atomic mass is 35.5. The fourth-order valence-corrected chi connectivity index (χ4v) is 3.86. The molecule has 0 bridgehead atoms. The lowest BCUT2D eigenvalue weighted by Gasteiger charge is -2.41.